The van der Waals surface area contributed by atoms with E-state index in [1.165, 1.54) is 6.42 Å². The number of ether oxygens (including phenoxy) is 2. The van der Waals surface area contributed by atoms with Gasteiger partial charge in [0.25, 0.3) is 5.91 Å². The van der Waals surface area contributed by atoms with Gasteiger partial charge in [0.2, 0.25) is 5.91 Å². The summed E-state index contributed by atoms with van der Waals surface area (Å²) >= 11 is 0. The molecule has 0 aromatic heterocycles. The van der Waals surface area contributed by atoms with E-state index in [2.05, 4.69) is 10.6 Å². The average molecular weight is 401 g/mol. The maximum absolute atomic E-state index is 13.3. The predicted octanol–water partition coefficient (Wildman–Crippen LogP) is 3.30. The summed E-state index contributed by atoms with van der Waals surface area (Å²) in [5.74, 6) is 0.0285. The second-order valence-electron chi connectivity index (χ2n) is 8.56. The third-order valence-corrected chi connectivity index (χ3v) is 6.58. The van der Waals surface area contributed by atoms with Crippen LogP contribution in [0.4, 0.5) is 5.69 Å². The van der Waals surface area contributed by atoms with E-state index in [0.717, 1.165) is 69.2 Å². The Morgan fingerprint density at radius 1 is 0.931 bits per heavy atom. The Bertz CT molecular complexity index is 700. The summed E-state index contributed by atoms with van der Waals surface area (Å²) < 4.78 is 11.1. The lowest BCUT2D eigenvalue weighted by Gasteiger charge is -2.36. The summed E-state index contributed by atoms with van der Waals surface area (Å²) in [6, 6.07) is 7.82. The van der Waals surface area contributed by atoms with E-state index >= 15 is 0 Å². The molecule has 0 radical (unpaired) electrons. The SMILES string of the molecule is O=C(Nc1ccc(C2(C(=O)NCC3CCCO3)CCCCC2)cc1)C1CCCO1. The minimum atomic E-state index is -0.478. The molecule has 2 N–H and O–H groups in total. The topological polar surface area (TPSA) is 76.7 Å². The first-order valence-corrected chi connectivity index (χ1v) is 11.1. The fourth-order valence-corrected chi connectivity index (χ4v) is 4.86. The van der Waals surface area contributed by atoms with Gasteiger partial charge in [0, 0.05) is 25.4 Å². The molecule has 6 nitrogen and oxygen atoms in total. The molecule has 2 saturated heterocycles. The van der Waals surface area contributed by atoms with Crippen molar-refractivity contribution in [1.82, 2.24) is 5.32 Å². The second-order valence-corrected chi connectivity index (χ2v) is 8.56. The van der Waals surface area contributed by atoms with E-state index in [-0.39, 0.29) is 24.0 Å². The zero-order valence-corrected chi connectivity index (χ0v) is 17.1. The molecular weight excluding hydrogens is 368 g/mol. The molecule has 4 rings (SSSR count). The van der Waals surface area contributed by atoms with Crippen molar-refractivity contribution in [2.75, 3.05) is 25.1 Å². The monoisotopic (exact) mass is 400 g/mol. The van der Waals surface area contributed by atoms with Gasteiger partial charge in [-0.25, -0.2) is 0 Å². The van der Waals surface area contributed by atoms with Crippen molar-refractivity contribution >= 4 is 17.5 Å². The Hall–Kier alpha value is -1.92. The molecule has 1 aliphatic carbocycles. The number of benzene rings is 1. The van der Waals surface area contributed by atoms with Gasteiger partial charge in [0.05, 0.1) is 11.5 Å². The van der Waals surface area contributed by atoms with Gasteiger partial charge < -0.3 is 20.1 Å². The molecule has 0 bridgehead atoms. The van der Waals surface area contributed by atoms with Gasteiger partial charge >= 0.3 is 0 Å². The molecule has 2 atom stereocenters. The van der Waals surface area contributed by atoms with Crippen molar-refractivity contribution in [2.45, 2.75) is 75.4 Å². The van der Waals surface area contributed by atoms with Gasteiger partial charge in [-0.15, -0.1) is 0 Å². The van der Waals surface area contributed by atoms with Gasteiger partial charge in [0.1, 0.15) is 6.10 Å². The molecular formula is C23H32N2O4. The molecule has 3 aliphatic rings. The summed E-state index contributed by atoms with van der Waals surface area (Å²) in [6.07, 6.45) is 8.64. The zero-order valence-electron chi connectivity index (χ0n) is 17.1. The number of nitrogens with one attached hydrogen (secondary N) is 2. The van der Waals surface area contributed by atoms with Crippen LogP contribution >= 0.6 is 0 Å². The van der Waals surface area contributed by atoms with Crippen molar-refractivity contribution in [3.8, 4) is 0 Å². The molecule has 0 spiro atoms. The summed E-state index contributed by atoms with van der Waals surface area (Å²) in [5.41, 5.74) is 1.31. The number of rotatable bonds is 6. The predicted molar refractivity (Wildman–Crippen MR) is 111 cm³/mol. The molecule has 1 aromatic carbocycles. The lowest BCUT2D eigenvalue weighted by atomic mass is 9.68. The van der Waals surface area contributed by atoms with E-state index < -0.39 is 5.41 Å². The van der Waals surface area contributed by atoms with Crippen LogP contribution in [-0.4, -0.2) is 43.8 Å². The van der Waals surface area contributed by atoms with Crippen LogP contribution in [0.5, 0.6) is 0 Å². The Balaban J connectivity index is 1.44. The first-order valence-electron chi connectivity index (χ1n) is 11.1. The molecule has 2 unspecified atom stereocenters. The van der Waals surface area contributed by atoms with Crippen molar-refractivity contribution < 1.29 is 19.1 Å². The summed E-state index contributed by atoms with van der Waals surface area (Å²) in [7, 11) is 0. The number of anilines is 1. The maximum atomic E-state index is 13.3. The molecule has 1 aromatic rings. The molecule has 6 heteroatoms. The summed E-state index contributed by atoms with van der Waals surface area (Å²) in [6.45, 7) is 2.04. The third-order valence-electron chi connectivity index (χ3n) is 6.58. The van der Waals surface area contributed by atoms with Crippen LogP contribution in [0.3, 0.4) is 0 Å². The fourth-order valence-electron chi connectivity index (χ4n) is 4.86. The first-order chi connectivity index (χ1) is 14.2. The number of hydrogen-bond acceptors (Lipinski definition) is 4. The Kier molecular flexibility index (Phi) is 6.50. The molecule has 2 heterocycles. The molecule has 3 fully saturated rings. The highest BCUT2D eigenvalue weighted by atomic mass is 16.5. The Labute approximate surface area is 172 Å². The molecule has 29 heavy (non-hydrogen) atoms. The maximum Gasteiger partial charge on any atom is 0.253 e. The normalized spacial score (nSPS) is 26.2. The van der Waals surface area contributed by atoms with Crippen molar-refractivity contribution in [2.24, 2.45) is 0 Å². The lowest BCUT2D eigenvalue weighted by Crippen LogP contribution is -2.47. The second kappa shape index (κ2) is 9.26. The zero-order chi connectivity index (χ0) is 20.1. The molecule has 1 saturated carbocycles. The Morgan fingerprint density at radius 3 is 2.31 bits per heavy atom. The van der Waals surface area contributed by atoms with Gasteiger partial charge in [-0.1, -0.05) is 31.4 Å². The van der Waals surface area contributed by atoms with Crippen LogP contribution in [0.1, 0.15) is 63.4 Å². The van der Waals surface area contributed by atoms with Crippen LogP contribution in [0.25, 0.3) is 0 Å². The molecule has 2 amide bonds. The highest BCUT2D eigenvalue weighted by molar-refractivity contribution is 5.94. The van der Waals surface area contributed by atoms with Crippen LogP contribution < -0.4 is 10.6 Å². The minimum Gasteiger partial charge on any atom is -0.376 e. The van der Waals surface area contributed by atoms with Crippen LogP contribution in [0.2, 0.25) is 0 Å². The summed E-state index contributed by atoms with van der Waals surface area (Å²) in [5, 5.41) is 6.10. The molecule has 2 aliphatic heterocycles. The van der Waals surface area contributed by atoms with Gasteiger partial charge in [-0.2, -0.15) is 0 Å². The fraction of sp³-hybridized carbons (Fsp3) is 0.652. The van der Waals surface area contributed by atoms with E-state index in [1.54, 1.807) is 0 Å². The standard InChI is InChI=1S/C23H32N2O4/c26-21(20-7-5-15-29-20)25-18-10-8-17(9-11-18)23(12-2-1-3-13-23)22(27)24-16-19-6-4-14-28-19/h8-11,19-20H,1-7,12-16H2,(H,24,27)(H,25,26). The number of hydrogen-bond donors (Lipinski definition) is 2. The minimum absolute atomic E-state index is 0.0862. The van der Waals surface area contributed by atoms with Crippen LogP contribution in [-0.2, 0) is 24.5 Å². The van der Waals surface area contributed by atoms with Crippen LogP contribution in [0.15, 0.2) is 24.3 Å². The van der Waals surface area contributed by atoms with Crippen molar-refractivity contribution in [1.29, 1.82) is 0 Å². The van der Waals surface area contributed by atoms with Gasteiger partial charge in [-0.05, 0) is 56.2 Å². The highest BCUT2D eigenvalue weighted by Crippen LogP contribution is 2.40. The lowest BCUT2D eigenvalue weighted by molar-refractivity contribution is -0.128. The van der Waals surface area contributed by atoms with Gasteiger partial charge in [-0.3, -0.25) is 9.59 Å². The van der Waals surface area contributed by atoms with Gasteiger partial charge in [0.15, 0.2) is 0 Å². The quantitative estimate of drug-likeness (QED) is 0.768. The van der Waals surface area contributed by atoms with Crippen molar-refractivity contribution in [3.63, 3.8) is 0 Å². The number of carbonyl (C=O) groups is 2. The Morgan fingerprint density at radius 2 is 1.66 bits per heavy atom. The summed E-state index contributed by atoms with van der Waals surface area (Å²) in [4.78, 5) is 25.5. The highest BCUT2D eigenvalue weighted by Gasteiger charge is 2.41. The first kappa shape index (κ1) is 20.4. The van der Waals surface area contributed by atoms with Crippen LogP contribution in [0, 0.1) is 0 Å². The molecule has 158 valence electrons. The number of carbonyl (C=O) groups excluding carboxylic acids is 2. The van der Waals surface area contributed by atoms with E-state index in [0.29, 0.717) is 13.2 Å². The van der Waals surface area contributed by atoms with E-state index in [9.17, 15) is 9.59 Å². The third kappa shape index (κ3) is 4.64. The van der Waals surface area contributed by atoms with E-state index in [1.807, 2.05) is 24.3 Å². The smallest absolute Gasteiger partial charge is 0.253 e. The average Bonchev–Trinajstić information content (AvgIpc) is 3.47. The van der Waals surface area contributed by atoms with Crippen molar-refractivity contribution in [3.05, 3.63) is 29.8 Å². The van der Waals surface area contributed by atoms with E-state index in [4.69, 9.17) is 9.47 Å². The number of amides is 2. The largest absolute Gasteiger partial charge is 0.376 e.